The molecule has 1 fully saturated rings. The van der Waals surface area contributed by atoms with E-state index in [9.17, 15) is 8.78 Å². The summed E-state index contributed by atoms with van der Waals surface area (Å²) in [5.41, 5.74) is 0. The summed E-state index contributed by atoms with van der Waals surface area (Å²) in [6.07, 6.45) is 0.262. The number of rotatable bonds is 1. The Labute approximate surface area is 55.8 Å². The zero-order valence-electron chi connectivity index (χ0n) is 3.80. The SMILES string of the molecule is FC(F)(Cl)[C]1CC1Cl. The molecule has 1 aliphatic rings. The van der Waals surface area contributed by atoms with E-state index in [1.807, 2.05) is 0 Å². The summed E-state index contributed by atoms with van der Waals surface area (Å²) < 4.78 is 23.6. The Balaban J connectivity index is 2.39. The summed E-state index contributed by atoms with van der Waals surface area (Å²) in [5.74, 6) is -0.0548. The standard InChI is InChI=1S/C4H3Cl2F2/c5-3-1-2(3)4(6,7)8/h3H,1H2. The molecule has 0 heterocycles. The fourth-order valence-electron chi connectivity index (χ4n) is 0.427. The van der Waals surface area contributed by atoms with Crippen molar-refractivity contribution in [2.75, 3.05) is 0 Å². The van der Waals surface area contributed by atoms with E-state index in [0.29, 0.717) is 0 Å². The van der Waals surface area contributed by atoms with Gasteiger partial charge in [-0.2, -0.15) is 8.78 Å². The Morgan fingerprint density at radius 3 is 2.00 bits per heavy atom. The third-order valence-electron chi connectivity index (χ3n) is 0.981. The zero-order valence-corrected chi connectivity index (χ0v) is 5.31. The number of alkyl halides is 4. The molecule has 0 aromatic carbocycles. The van der Waals surface area contributed by atoms with Gasteiger partial charge in [0.05, 0.1) is 5.92 Å². The van der Waals surface area contributed by atoms with E-state index < -0.39 is 10.8 Å². The summed E-state index contributed by atoms with van der Waals surface area (Å²) in [7, 11) is 0. The second-order valence-electron chi connectivity index (χ2n) is 1.69. The molecule has 1 atom stereocenters. The first-order valence-electron chi connectivity index (χ1n) is 2.09. The van der Waals surface area contributed by atoms with Gasteiger partial charge in [0.25, 0.3) is 0 Å². The maximum absolute atomic E-state index is 11.8. The highest BCUT2D eigenvalue weighted by Crippen LogP contribution is 2.51. The van der Waals surface area contributed by atoms with E-state index >= 15 is 0 Å². The summed E-state index contributed by atoms with van der Waals surface area (Å²) in [6, 6.07) is 0. The summed E-state index contributed by atoms with van der Waals surface area (Å²) in [5, 5.41) is -3.64. The average molecular weight is 160 g/mol. The van der Waals surface area contributed by atoms with Crippen LogP contribution in [0.1, 0.15) is 6.42 Å². The molecule has 0 spiro atoms. The summed E-state index contributed by atoms with van der Waals surface area (Å²) in [4.78, 5) is 0. The lowest BCUT2D eigenvalue weighted by molar-refractivity contribution is 0.127. The molecular formula is C4H3Cl2F2. The van der Waals surface area contributed by atoms with Gasteiger partial charge in [-0.3, -0.25) is 0 Å². The molecule has 1 saturated carbocycles. The van der Waals surface area contributed by atoms with E-state index in [1.165, 1.54) is 0 Å². The van der Waals surface area contributed by atoms with E-state index in [0.717, 1.165) is 0 Å². The van der Waals surface area contributed by atoms with Crippen molar-refractivity contribution >= 4 is 23.2 Å². The predicted octanol–water partition coefficient (Wildman–Crippen LogP) is 2.40. The quantitative estimate of drug-likeness (QED) is 0.516. The van der Waals surface area contributed by atoms with Crippen molar-refractivity contribution in [2.24, 2.45) is 0 Å². The fraction of sp³-hybridized carbons (Fsp3) is 0.750. The molecule has 1 unspecified atom stereocenters. The first-order chi connectivity index (χ1) is 3.52. The van der Waals surface area contributed by atoms with Gasteiger partial charge in [-0.05, 0) is 18.0 Å². The summed E-state index contributed by atoms with van der Waals surface area (Å²) >= 11 is 9.81. The third-order valence-corrected chi connectivity index (χ3v) is 1.64. The second kappa shape index (κ2) is 1.71. The number of halogens is 4. The van der Waals surface area contributed by atoms with Crippen molar-refractivity contribution in [3.8, 4) is 0 Å². The van der Waals surface area contributed by atoms with Crippen LogP contribution in [0.15, 0.2) is 0 Å². The van der Waals surface area contributed by atoms with Gasteiger partial charge in [0.2, 0.25) is 0 Å². The van der Waals surface area contributed by atoms with Crippen LogP contribution in [0, 0.1) is 5.92 Å². The molecule has 0 bridgehead atoms. The topological polar surface area (TPSA) is 0 Å². The van der Waals surface area contributed by atoms with Crippen LogP contribution in [-0.2, 0) is 0 Å². The molecule has 1 rings (SSSR count). The first kappa shape index (κ1) is 6.56. The van der Waals surface area contributed by atoms with Crippen LogP contribution in [0.25, 0.3) is 0 Å². The molecule has 0 saturated heterocycles. The van der Waals surface area contributed by atoms with E-state index in [1.54, 1.807) is 0 Å². The zero-order chi connectivity index (χ0) is 6.36. The molecule has 4 heteroatoms. The van der Waals surface area contributed by atoms with Crippen molar-refractivity contribution in [1.82, 2.24) is 0 Å². The van der Waals surface area contributed by atoms with Crippen LogP contribution >= 0.6 is 23.2 Å². The van der Waals surface area contributed by atoms with Crippen molar-refractivity contribution in [3.63, 3.8) is 0 Å². The summed E-state index contributed by atoms with van der Waals surface area (Å²) in [6.45, 7) is 0. The normalized spacial score (nSPS) is 30.8. The minimum absolute atomic E-state index is 0.0548. The van der Waals surface area contributed by atoms with E-state index in [2.05, 4.69) is 11.6 Å². The highest BCUT2D eigenvalue weighted by atomic mass is 35.5. The van der Waals surface area contributed by atoms with Crippen molar-refractivity contribution in [1.29, 1.82) is 0 Å². The lowest BCUT2D eigenvalue weighted by Crippen LogP contribution is -2.07. The molecule has 0 amide bonds. The largest absolute Gasteiger partial charge is 0.329 e. The van der Waals surface area contributed by atoms with Gasteiger partial charge >= 0.3 is 5.38 Å². The van der Waals surface area contributed by atoms with Crippen LogP contribution in [0.4, 0.5) is 8.78 Å². The lowest BCUT2D eigenvalue weighted by atomic mass is 10.4. The maximum atomic E-state index is 11.8. The smallest absolute Gasteiger partial charge is 0.188 e. The van der Waals surface area contributed by atoms with Crippen molar-refractivity contribution in [2.45, 2.75) is 17.2 Å². The van der Waals surface area contributed by atoms with Gasteiger partial charge in [0, 0.05) is 5.38 Å². The molecule has 0 nitrogen and oxygen atoms in total. The van der Waals surface area contributed by atoms with Gasteiger partial charge in [0.15, 0.2) is 0 Å². The minimum Gasteiger partial charge on any atom is -0.188 e. The highest BCUT2D eigenvalue weighted by Gasteiger charge is 2.53. The predicted molar refractivity (Wildman–Crippen MR) is 28.3 cm³/mol. The molecule has 0 N–H and O–H groups in total. The van der Waals surface area contributed by atoms with Crippen LogP contribution in [0.3, 0.4) is 0 Å². The fourth-order valence-corrected chi connectivity index (χ4v) is 0.995. The van der Waals surface area contributed by atoms with Crippen molar-refractivity contribution in [3.05, 3.63) is 5.92 Å². The van der Waals surface area contributed by atoms with Crippen LogP contribution in [-0.4, -0.2) is 10.8 Å². The van der Waals surface area contributed by atoms with Gasteiger partial charge in [-0.1, -0.05) is 0 Å². The van der Waals surface area contributed by atoms with Crippen LogP contribution < -0.4 is 0 Å². The third kappa shape index (κ3) is 1.23. The average Bonchev–Trinajstić information content (AvgIpc) is 2.13. The lowest BCUT2D eigenvalue weighted by Gasteiger charge is -2.01. The number of hydrogen-bond donors (Lipinski definition) is 0. The molecule has 47 valence electrons. The Bertz CT molecular complexity index is 98.7. The van der Waals surface area contributed by atoms with Gasteiger partial charge in [0.1, 0.15) is 0 Å². The Hall–Kier alpha value is 0.440. The van der Waals surface area contributed by atoms with Gasteiger partial charge in [-0.25, -0.2) is 0 Å². The van der Waals surface area contributed by atoms with E-state index in [-0.39, 0.29) is 12.3 Å². The van der Waals surface area contributed by atoms with Crippen molar-refractivity contribution < 1.29 is 8.78 Å². The molecule has 1 radical (unpaired) electrons. The van der Waals surface area contributed by atoms with Gasteiger partial charge < -0.3 is 0 Å². The Kier molecular flexibility index (Phi) is 1.40. The Morgan fingerprint density at radius 1 is 1.62 bits per heavy atom. The number of hydrogen-bond acceptors (Lipinski definition) is 0. The monoisotopic (exact) mass is 159 g/mol. The minimum atomic E-state index is -3.16. The highest BCUT2D eigenvalue weighted by molar-refractivity contribution is 6.29. The van der Waals surface area contributed by atoms with Crippen LogP contribution in [0.5, 0.6) is 0 Å². The molecule has 1 aliphatic carbocycles. The molecule has 0 aliphatic heterocycles. The second-order valence-corrected chi connectivity index (χ2v) is 2.70. The molecule has 0 aromatic rings. The first-order valence-corrected chi connectivity index (χ1v) is 2.90. The van der Waals surface area contributed by atoms with E-state index in [4.69, 9.17) is 11.6 Å². The van der Waals surface area contributed by atoms with Gasteiger partial charge in [-0.15, -0.1) is 11.6 Å². The Morgan fingerprint density at radius 2 is 2.00 bits per heavy atom. The molecule has 8 heavy (non-hydrogen) atoms. The molecular weight excluding hydrogens is 157 g/mol. The van der Waals surface area contributed by atoms with Crippen LogP contribution in [0.2, 0.25) is 0 Å². The molecule has 0 aromatic heterocycles. The maximum Gasteiger partial charge on any atom is 0.329 e.